The number of hydrogen-bond donors (Lipinski definition) is 7. The molecular weight excluding hydrogens is 432 g/mol. The molecule has 1 fully saturated rings. The van der Waals surface area contributed by atoms with Gasteiger partial charge in [0.15, 0.2) is 29.3 Å². The number of phenols is 4. The Kier molecular flexibility index (Phi) is 8.76. The maximum absolute atomic E-state index is 10.2. The number of aryl methyl sites for hydroxylation is 2. The van der Waals surface area contributed by atoms with Crippen molar-refractivity contribution >= 4 is 0 Å². The summed E-state index contributed by atoms with van der Waals surface area (Å²) in [5, 5.41) is 68.0. The van der Waals surface area contributed by atoms with E-state index in [1.807, 2.05) is 0 Å². The third-order valence-corrected chi connectivity index (χ3v) is 5.86. The van der Waals surface area contributed by atoms with Gasteiger partial charge < -0.3 is 45.2 Å². The Morgan fingerprint density at radius 3 is 1.97 bits per heavy atom. The smallest absolute Gasteiger partial charge is 0.186 e. The fraction of sp³-hybridized carbons (Fsp3) is 0.500. The van der Waals surface area contributed by atoms with E-state index in [2.05, 4.69) is 0 Å². The maximum Gasteiger partial charge on any atom is 0.186 e. The molecule has 1 aliphatic rings. The molecule has 2 aromatic rings. The van der Waals surface area contributed by atoms with Gasteiger partial charge in [-0.15, -0.1) is 0 Å². The molecule has 0 aromatic heterocycles. The molecule has 1 aliphatic heterocycles. The number of ether oxygens (including phenoxy) is 2. The molecule has 182 valence electrons. The lowest BCUT2D eigenvalue weighted by Crippen LogP contribution is -2.54. The second kappa shape index (κ2) is 11.5. The van der Waals surface area contributed by atoms with Gasteiger partial charge >= 0.3 is 0 Å². The van der Waals surface area contributed by atoms with Crippen LogP contribution in [0, 0.1) is 0 Å². The van der Waals surface area contributed by atoms with Gasteiger partial charge in [0, 0.05) is 0 Å². The lowest BCUT2D eigenvalue weighted by atomic mass is 10.00. The van der Waals surface area contributed by atoms with Crippen LogP contribution in [0.2, 0.25) is 0 Å². The third kappa shape index (κ3) is 6.96. The Bertz CT molecular complexity index is 903. The van der Waals surface area contributed by atoms with E-state index in [4.69, 9.17) is 9.47 Å². The number of hydrogen-bond acceptors (Lipinski definition) is 9. The van der Waals surface area contributed by atoms with Crippen LogP contribution >= 0.6 is 0 Å². The summed E-state index contributed by atoms with van der Waals surface area (Å²) in [5.41, 5.74) is 1.70. The average molecular weight is 465 g/mol. The number of aliphatic hydroxyl groups is 3. The Hall–Kier alpha value is -2.56. The van der Waals surface area contributed by atoms with Crippen molar-refractivity contribution < 1.29 is 45.2 Å². The van der Waals surface area contributed by atoms with Gasteiger partial charge in [0.1, 0.15) is 18.3 Å². The molecule has 33 heavy (non-hydrogen) atoms. The van der Waals surface area contributed by atoms with Crippen LogP contribution < -0.4 is 0 Å². The first-order valence-corrected chi connectivity index (χ1v) is 11.1. The highest BCUT2D eigenvalue weighted by molar-refractivity contribution is 5.41. The van der Waals surface area contributed by atoms with Gasteiger partial charge in [-0.2, -0.15) is 0 Å². The van der Waals surface area contributed by atoms with Crippen molar-refractivity contribution in [1.82, 2.24) is 0 Å². The van der Waals surface area contributed by atoms with E-state index in [0.717, 1.165) is 24.0 Å². The molecule has 3 rings (SSSR count). The first-order chi connectivity index (χ1) is 15.7. The standard InChI is InChI=1S/C24H32O9/c25-17-9-6-14(11-19(17)27)3-1-2-4-16(8-5-15-7-10-18(26)20(28)12-15)33-24-23(31)22(30)21(29)13-32-24/h6-7,9-12,16,21-31H,1-5,8,13H2/t16-,21+,22-,23+,24-/m0/s1. The largest absolute Gasteiger partial charge is 0.504 e. The van der Waals surface area contributed by atoms with E-state index in [-0.39, 0.29) is 35.7 Å². The average Bonchev–Trinajstić information content (AvgIpc) is 2.79. The summed E-state index contributed by atoms with van der Waals surface area (Å²) in [7, 11) is 0. The van der Waals surface area contributed by atoms with Crippen LogP contribution in [0.1, 0.15) is 36.8 Å². The van der Waals surface area contributed by atoms with Gasteiger partial charge in [0.25, 0.3) is 0 Å². The van der Waals surface area contributed by atoms with Gasteiger partial charge in [0.2, 0.25) is 0 Å². The van der Waals surface area contributed by atoms with Crippen molar-refractivity contribution in [2.75, 3.05) is 6.61 Å². The molecule has 5 atom stereocenters. The lowest BCUT2D eigenvalue weighted by molar-refractivity contribution is -0.283. The maximum atomic E-state index is 10.2. The van der Waals surface area contributed by atoms with Crippen molar-refractivity contribution in [3.63, 3.8) is 0 Å². The molecule has 0 unspecified atom stereocenters. The molecule has 0 amide bonds. The van der Waals surface area contributed by atoms with E-state index >= 15 is 0 Å². The number of aromatic hydroxyl groups is 4. The number of rotatable bonds is 10. The van der Waals surface area contributed by atoms with Crippen molar-refractivity contribution in [2.24, 2.45) is 0 Å². The Morgan fingerprint density at radius 2 is 1.36 bits per heavy atom. The van der Waals surface area contributed by atoms with Gasteiger partial charge in [-0.3, -0.25) is 0 Å². The summed E-state index contributed by atoms with van der Waals surface area (Å²) in [6, 6.07) is 9.33. The van der Waals surface area contributed by atoms with Gasteiger partial charge in [-0.05, 0) is 67.5 Å². The van der Waals surface area contributed by atoms with Crippen LogP contribution in [0.5, 0.6) is 23.0 Å². The minimum Gasteiger partial charge on any atom is -0.504 e. The highest BCUT2D eigenvalue weighted by Gasteiger charge is 2.39. The zero-order valence-corrected chi connectivity index (χ0v) is 18.2. The minimum absolute atomic E-state index is 0.147. The topological polar surface area (TPSA) is 160 Å². The Morgan fingerprint density at radius 1 is 0.758 bits per heavy atom. The van der Waals surface area contributed by atoms with Crippen LogP contribution in [-0.2, 0) is 22.3 Å². The van der Waals surface area contributed by atoms with Gasteiger partial charge in [0.05, 0.1) is 12.7 Å². The highest BCUT2D eigenvalue weighted by atomic mass is 16.7. The molecule has 7 N–H and O–H groups in total. The van der Waals surface area contributed by atoms with Crippen LogP contribution in [0.25, 0.3) is 0 Å². The first kappa shape index (κ1) is 25.1. The van der Waals surface area contributed by atoms with E-state index in [1.54, 1.807) is 12.1 Å². The zero-order chi connectivity index (χ0) is 24.0. The minimum atomic E-state index is -1.38. The van der Waals surface area contributed by atoms with E-state index in [1.165, 1.54) is 24.3 Å². The van der Waals surface area contributed by atoms with Gasteiger partial charge in [-0.1, -0.05) is 18.6 Å². The molecule has 0 aliphatic carbocycles. The second-order valence-electron chi connectivity index (χ2n) is 8.44. The van der Waals surface area contributed by atoms with E-state index < -0.39 is 24.6 Å². The summed E-state index contributed by atoms with van der Waals surface area (Å²) >= 11 is 0. The van der Waals surface area contributed by atoms with Crippen molar-refractivity contribution in [2.45, 2.75) is 69.2 Å². The molecule has 0 spiro atoms. The summed E-state index contributed by atoms with van der Waals surface area (Å²) in [5.74, 6) is -0.718. The number of phenolic OH excluding ortho intramolecular Hbond substituents is 4. The molecule has 1 heterocycles. The van der Waals surface area contributed by atoms with Crippen LogP contribution in [0.15, 0.2) is 36.4 Å². The molecule has 0 radical (unpaired) electrons. The molecule has 0 saturated carbocycles. The number of benzene rings is 2. The predicted molar refractivity (Wildman–Crippen MR) is 118 cm³/mol. The van der Waals surface area contributed by atoms with Crippen LogP contribution in [0.3, 0.4) is 0 Å². The summed E-state index contributed by atoms with van der Waals surface area (Å²) in [4.78, 5) is 0. The van der Waals surface area contributed by atoms with Crippen molar-refractivity contribution in [3.05, 3.63) is 47.5 Å². The molecule has 1 saturated heterocycles. The summed E-state index contributed by atoms with van der Waals surface area (Å²) < 4.78 is 11.3. The SMILES string of the molecule is Oc1ccc(CCCC[C@@H](CCc2ccc(O)c(O)c2)O[C@@H]2OC[C@@H](O)[C@H](O)[C@H]2O)cc1O. The molecule has 0 bridgehead atoms. The molecule has 2 aromatic carbocycles. The number of aliphatic hydroxyl groups excluding tert-OH is 3. The van der Waals surface area contributed by atoms with Crippen molar-refractivity contribution in [1.29, 1.82) is 0 Å². The van der Waals surface area contributed by atoms with Gasteiger partial charge in [-0.25, -0.2) is 0 Å². The molecule has 9 heteroatoms. The number of unbranched alkanes of at least 4 members (excludes halogenated alkanes) is 1. The quantitative estimate of drug-likeness (QED) is 0.205. The second-order valence-corrected chi connectivity index (χ2v) is 8.44. The first-order valence-electron chi connectivity index (χ1n) is 11.1. The fourth-order valence-corrected chi connectivity index (χ4v) is 3.85. The van der Waals surface area contributed by atoms with E-state index in [9.17, 15) is 35.7 Å². The predicted octanol–water partition coefficient (Wildman–Crippen LogP) is 1.68. The normalized spacial score (nSPS) is 24.0. The Labute approximate surface area is 192 Å². The monoisotopic (exact) mass is 464 g/mol. The fourth-order valence-electron chi connectivity index (χ4n) is 3.85. The summed E-state index contributed by atoms with van der Waals surface area (Å²) in [6.07, 6.45) is -1.38. The molecular formula is C24H32O9. The highest BCUT2D eigenvalue weighted by Crippen LogP contribution is 2.28. The Balaban J connectivity index is 1.57. The lowest BCUT2D eigenvalue weighted by Gasteiger charge is -2.36. The zero-order valence-electron chi connectivity index (χ0n) is 18.2. The molecule has 9 nitrogen and oxygen atoms in total. The third-order valence-electron chi connectivity index (χ3n) is 5.86. The van der Waals surface area contributed by atoms with Crippen molar-refractivity contribution in [3.8, 4) is 23.0 Å². The summed E-state index contributed by atoms with van der Waals surface area (Å²) in [6.45, 7) is -0.147. The van der Waals surface area contributed by atoms with Crippen LogP contribution in [0.4, 0.5) is 0 Å². The van der Waals surface area contributed by atoms with Crippen LogP contribution in [-0.4, -0.2) is 73.1 Å². The van der Waals surface area contributed by atoms with E-state index in [0.29, 0.717) is 25.7 Å².